The van der Waals surface area contributed by atoms with E-state index in [2.05, 4.69) is 10.3 Å². The zero-order valence-corrected chi connectivity index (χ0v) is 9.41. The number of aryl methyl sites for hydroxylation is 1. The van der Waals surface area contributed by atoms with E-state index in [0.29, 0.717) is 5.69 Å². The van der Waals surface area contributed by atoms with Gasteiger partial charge in [0.05, 0.1) is 30.2 Å². The fourth-order valence-corrected chi connectivity index (χ4v) is 1.71. The predicted octanol–water partition coefficient (Wildman–Crippen LogP) is 1.72. The minimum atomic E-state index is -4.28. The second-order valence-electron chi connectivity index (χ2n) is 3.29. The van der Waals surface area contributed by atoms with Crippen LogP contribution in [-0.2, 0) is 11.2 Å². The second kappa shape index (κ2) is 5.40. The molecule has 0 fully saturated rings. The maximum Gasteiger partial charge on any atom is 0.401 e. The highest BCUT2D eigenvalue weighted by molar-refractivity contribution is 7.09. The number of aromatic nitrogens is 1. The Kier molecular flexibility index (Phi) is 4.43. The highest BCUT2D eigenvalue weighted by Crippen LogP contribution is 2.12. The molecule has 7 heteroatoms. The first-order valence-electron chi connectivity index (χ1n) is 4.57. The number of carbonyl (C=O) groups is 1. The molecule has 0 saturated heterocycles. The van der Waals surface area contributed by atoms with Crippen molar-refractivity contribution in [3.05, 3.63) is 16.1 Å². The van der Waals surface area contributed by atoms with E-state index < -0.39 is 12.7 Å². The maximum atomic E-state index is 11.8. The first-order valence-corrected chi connectivity index (χ1v) is 5.45. The molecular weight excluding hydrogens is 241 g/mol. The summed E-state index contributed by atoms with van der Waals surface area (Å²) in [5.74, 6) is -0.297. The Labute approximate surface area is 94.7 Å². The summed E-state index contributed by atoms with van der Waals surface area (Å²) in [5, 5.41) is 4.63. The number of hydrogen-bond acceptors (Lipinski definition) is 4. The molecule has 0 atom stereocenters. The van der Waals surface area contributed by atoms with Crippen molar-refractivity contribution in [3.63, 3.8) is 0 Å². The zero-order chi connectivity index (χ0) is 12.2. The number of alkyl halides is 3. The van der Waals surface area contributed by atoms with Crippen LogP contribution in [0.2, 0.25) is 0 Å². The van der Waals surface area contributed by atoms with Crippen LogP contribution in [-0.4, -0.2) is 30.0 Å². The Morgan fingerprint density at radius 2 is 2.25 bits per heavy atom. The number of Topliss-reactive ketones (excluding diaryl/α,β-unsaturated/α-hetero) is 1. The van der Waals surface area contributed by atoms with Crippen LogP contribution in [0, 0.1) is 6.92 Å². The summed E-state index contributed by atoms with van der Waals surface area (Å²) in [6, 6.07) is 0. The summed E-state index contributed by atoms with van der Waals surface area (Å²) in [5.41, 5.74) is 0.612. The molecule has 0 saturated carbocycles. The molecule has 0 aliphatic rings. The average Bonchev–Trinajstić information content (AvgIpc) is 2.48. The van der Waals surface area contributed by atoms with Crippen LogP contribution >= 0.6 is 11.3 Å². The van der Waals surface area contributed by atoms with Gasteiger partial charge in [-0.2, -0.15) is 13.2 Å². The molecule has 0 amide bonds. The van der Waals surface area contributed by atoms with Crippen LogP contribution < -0.4 is 5.32 Å². The van der Waals surface area contributed by atoms with Gasteiger partial charge in [0.15, 0.2) is 5.78 Å². The fraction of sp³-hybridized carbons (Fsp3) is 0.556. The van der Waals surface area contributed by atoms with Crippen LogP contribution in [0.4, 0.5) is 13.2 Å². The molecule has 0 aliphatic carbocycles. The Morgan fingerprint density at radius 1 is 1.56 bits per heavy atom. The molecule has 0 unspecified atom stereocenters. The summed E-state index contributed by atoms with van der Waals surface area (Å²) >= 11 is 1.41. The van der Waals surface area contributed by atoms with Crippen molar-refractivity contribution in [1.29, 1.82) is 0 Å². The Hall–Kier alpha value is -0.950. The number of thiazole rings is 1. The lowest BCUT2D eigenvalue weighted by Crippen LogP contribution is -2.33. The molecule has 3 nitrogen and oxygen atoms in total. The van der Waals surface area contributed by atoms with E-state index in [1.165, 1.54) is 11.3 Å². The van der Waals surface area contributed by atoms with Gasteiger partial charge in [-0.25, -0.2) is 4.98 Å². The lowest BCUT2D eigenvalue weighted by atomic mass is 10.2. The summed E-state index contributed by atoms with van der Waals surface area (Å²) in [6.45, 7) is 0.380. The van der Waals surface area contributed by atoms with Crippen molar-refractivity contribution in [2.45, 2.75) is 19.5 Å². The predicted molar refractivity (Wildman–Crippen MR) is 54.5 cm³/mol. The van der Waals surface area contributed by atoms with Gasteiger partial charge in [0.2, 0.25) is 0 Å². The molecule has 0 bridgehead atoms. The smallest absolute Gasteiger partial charge is 0.302 e. The zero-order valence-electron chi connectivity index (χ0n) is 8.60. The number of hydrogen-bond donors (Lipinski definition) is 1. The third kappa shape index (κ3) is 5.22. The highest BCUT2D eigenvalue weighted by Gasteiger charge is 2.26. The molecule has 0 radical (unpaired) electrons. The molecule has 1 aromatic heterocycles. The SMILES string of the molecule is Cc1nc(CC(=O)CNCC(F)(F)F)cs1. The van der Waals surface area contributed by atoms with Crippen molar-refractivity contribution in [1.82, 2.24) is 10.3 Å². The Balaban J connectivity index is 2.26. The molecule has 0 spiro atoms. The van der Waals surface area contributed by atoms with Crippen molar-refractivity contribution in [2.24, 2.45) is 0 Å². The van der Waals surface area contributed by atoms with Gasteiger partial charge >= 0.3 is 6.18 Å². The van der Waals surface area contributed by atoms with Gasteiger partial charge in [0.1, 0.15) is 0 Å². The third-order valence-electron chi connectivity index (χ3n) is 1.69. The van der Waals surface area contributed by atoms with Crippen LogP contribution in [0.15, 0.2) is 5.38 Å². The summed E-state index contributed by atoms with van der Waals surface area (Å²) in [4.78, 5) is 15.3. The number of nitrogens with one attached hydrogen (secondary N) is 1. The Bertz CT molecular complexity index is 362. The topological polar surface area (TPSA) is 42.0 Å². The molecule has 90 valence electrons. The molecule has 0 aromatic carbocycles. The lowest BCUT2D eigenvalue weighted by molar-refractivity contribution is -0.127. The normalized spacial score (nSPS) is 11.8. The van der Waals surface area contributed by atoms with Crippen LogP contribution in [0.5, 0.6) is 0 Å². The van der Waals surface area contributed by atoms with Crippen molar-refractivity contribution < 1.29 is 18.0 Å². The van der Waals surface area contributed by atoms with Crippen molar-refractivity contribution in [2.75, 3.05) is 13.1 Å². The minimum Gasteiger partial charge on any atom is -0.302 e. The van der Waals surface area contributed by atoms with Gasteiger partial charge < -0.3 is 5.32 Å². The monoisotopic (exact) mass is 252 g/mol. The molecule has 1 aromatic rings. The van der Waals surface area contributed by atoms with Crippen LogP contribution in [0.1, 0.15) is 10.7 Å². The standard InChI is InChI=1S/C9H11F3N2OS/c1-6-14-7(4-16-6)2-8(15)3-13-5-9(10,11)12/h4,13H,2-3,5H2,1H3. The van der Waals surface area contributed by atoms with E-state index >= 15 is 0 Å². The van der Waals surface area contributed by atoms with Crippen molar-refractivity contribution >= 4 is 17.1 Å². The molecular formula is C9H11F3N2OS. The van der Waals surface area contributed by atoms with Gasteiger partial charge in [0, 0.05) is 5.38 Å². The molecule has 16 heavy (non-hydrogen) atoms. The maximum absolute atomic E-state index is 11.8. The van der Waals surface area contributed by atoms with Gasteiger partial charge in [0.25, 0.3) is 0 Å². The highest BCUT2D eigenvalue weighted by atomic mass is 32.1. The van der Waals surface area contributed by atoms with Gasteiger partial charge in [-0.1, -0.05) is 0 Å². The molecule has 0 aliphatic heterocycles. The average molecular weight is 252 g/mol. The number of ketones is 1. The van der Waals surface area contributed by atoms with E-state index in [-0.39, 0.29) is 18.7 Å². The Morgan fingerprint density at radius 3 is 2.75 bits per heavy atom. The van der Waals surface area contributed by atoms with E-state index in [0.717, 1.165) is 5.01 Å². The summed E-state index contributed by atoms with van der Waals surface area (Å²) < 4.78 is 35.3. The van der Waals surface area contributed by atoms with Crippen LogP contribution in [0.25, 0.3) is 0 Å². The number of halogens is 3. The van der Waals surface area contributed by atoms with E-state index in [1.807, 2.05) is 0 Å². The first-order chi connectivity index (χ1) is 7.37. The molecule has 1 N–H and O–H groups in total. The quantitative estimate of drug-likeness (QED) is 0.867. The lowest BCUT2D eigenvalue weighted by Gasteiger charge is -2.06. The second-order valence-corrected chi connectivity index (χ2v) is 4.35. The van der Waals surface area contributed by atoms with Gasteiger partial charge in [-0.3, -0.25) is 4.79 Å². The number of carbonyl (C=O) groups excluding carboxylic acids is 1. The van der Waals surface area contributed by atoms with Gasteiger partial charge in [-0.15, -0.1) is 11.3 Å². The van der Waals surface area contributed by atoms with E-state index in [4.69, 9.17) is 0 Å². The minimum absolute atomic E-state index is 0.0786. The number of rotatable bonds is 5. The first kappa shape index (κ1) is 13.1. The number of nitrogens with zero attached hydrogens (tertiary/aromatic N) is 1. The van der Waals surface area contributed by atoms with E-state index in [1.54, 1.807) is 12.3 Å². The fourth-order valence-electron chi connectivity index (χ4n) is 1.10. The molecule has 1 heterocycles. The van der Waals surface area contributed by atoms with E-state index in [9.17, 15) is 18.0 Å². The van der Waals surface area contributed by atoms with Crippen molar-refractivity contribution in [3.8, 4) is 0 Å². The van der Waals surface area contributed by atoms with Crippen LogP contribution in [0.3, 0.4) is 0 Å². The summed E-state index contributed by atoms with van der Waals surface area (Å²) in [7, 11) is 0. The molecule has 1 rings (SSSR count). The largest absolute Gasteiger partial charge is 0.401 e. The summed E-state index contributed by atoms with van der Waals surface area (Å²) in [6.07, 6.45) is -4.20. The third-order valence-corrected chi connectivity index (χ3v) is 2.51. The van der Waals surface area contributed by atoms with Gasteiger partial charge in [-0.05, 0) is 6.92 Å².